The van der Waals surface area contributed by atoms with Crippen molar-refractivity contribution in [3.63, 3.8) is 0 Å². The minimum Gasteiger partial charge on any atom is -0.492 e. The predicted octanol–water partition coefficient (Wildman–Crippen LogP) is 5.24. The molecular formula is C16H26BrCl2NO. The van der Waals surface area contributed by atoms with Crippen molar-refractivity contribution in [1.29, 1.82) is 0 Å². The number of hydrogen-bond donors (Lipinski definition) is 0. The van der Waals surface area contributed by atoms with Crippen molar-refractivity contribution in [3.8, 4) is 5.75 Å². The molecule has 21 heavy (non-hydrogen) atoms. The molecule has 0 fully saturated rings. The largest absolute Gasteiger partial charge is 0.492 e. The van der Waals surface area contributed by atoms with E-state index in [9.17, 15) is 0 Å². The maximum absolute atomic E-state index is 6.01. The van der Waals surface area contributed by atoms with Crippen LogP contribution in [0.3, 0.4) is 0 Å². The average Bonchev–Trinajstić information content (AvgIpc) is 2.41. The van der Waals surface area contributed by atoms with Crippen LogP contribution in [-0.2, 0) is 0 Å². The molecule has 0 aromatic heterocycles. The van der Waals surface area contributed by atoms with Crippen molar-refractivity contribution in [2.24, 2.45) is 0 Å². The second-order valence-corrected chi connectivity index (χ2v) is 6.50. The molecule has 1 rings (SSSR count). The molecule has 0 saturated carbocycles. The molecule has 0 aliphatic heterocycles. The van der Waals surface area contributed by atoms with Crippen LogP contribution in [0.1, 0.15) is 37.8 Å². The highest BCUT2D eigenvalue weighted by Crippen LogP contribution is 2.32. The van der Waals surface area contributed by atoms with Crippen molar-refractivity contribution in [3.05, 3.63) is 27.7 Å². The summed E-state index contributed by atoms with van der Waals surface area (Å²) in [5.41, 5.74) is 2.46. The van der Waals surface area contributed by atoms with Crippen LogP contribution >= 0.6 is 39.9 Å². The fourth-order valence-corrected chi connectivity index (χ4v) is 2.68. The maximum Gasteiger partial charge on any atom is 0.123 e. The molecule has 1 aromatic rings. The highest BCUT2D eigenvalue weighted by molar-refractivity contribution is 9.10. The lowest BCUT2D eigenvalue weighted by molar-refractivity contribution is 0.222. The number of nitrogens with zero attached hydrogens (tertiary/aromatic N) is 1. The van der Waals surface area contributed by atoms with E-state index in [0.29, 0.717) is 18.4 Å². The number of rotatable bonds is 8. The molecule has 0 N–H and O–H groups in total. The summed E-state index contributed by atoms with van der Waals surface area (Å²) in [5, 5.41) is 0. The highest BCUT2D eigenvalue weighted by Gasteiger charge is 2.11. The first-order valence-electron chi connectivity index (χ1n) is 7.20. The summed E-state index contributed by atoms with van der Waals surface area (Å²) in [6, 6.07) is 4.29. The zero-order valence-corrected chi connectivity index (χ0v) is 16.4. The van der Waals surface area contributed by atoms with Crippen LogP contribution in [0.4, 0.5) is 0 Å². The third kappa shape index (κ3) is 6.77. The summed E-state index contributed by atoms with van der Waals surface area (Å²) in [6.45, 7) is 12.2. The fraction of sp³-hybridized carbons (Fsp3) is 0.625. The second-order valence-electron chi connectivity index (χ2n) is 5.27. The monoisotopic (exact) mass is 397 g/mol. The first-order valence-corrected chi connectivity index (χ1v) is 8.53. The van der Waals surface area contributed by atoms with Crippen LogP contribution in [0.5, 0.6) is 5.75 Å². The van der Waals surface area contributed by atoms with Gasteiger partial charge in [-0.15, -0.1) is 24.0 Å². The summed E-state index contributed by atoms with van der Waals surface area (Å²) in [4.78, 5) is 2.30. The van der Waals surface area contributed by atoms with Crippen LogP contribution in [0.2, 0.25) is 0 Å². The molecule has 0 unspecified atom stereocenters. The SMILES string of the molecule is CCN(CCCl)CCOc1cc(C)c(Br)cc1C(C)C.Cl. The minimum atomic E-state index is 0. The van der Waals surface area contributed by atoms with Crippen molar-refractivity contribution in [2.45, 2.75) is 33.6 Å². The van der Waals surface area contributed by atoms with E-state index >= 15 is 0 Å². The Kier molecular flexibility index (Phi) is 10.7. The second kappa shape index (κ2) is 10.7. The standard InChI is InChI=1S/C16H25BrClNO.ClH/c1-5-19(7-6-18)8-9-20-16-10-13(4)15(17)11-14(16)12(2)3;/h10-12H,5-9H2,1-4H3;1H. The van der Waals surface area contributed by atoms with Gasteiger partial charge in [0.15, 0.2) is 0 Å². The zero-order chi connectivity index (χ0) is 15.1. The van der Waals surface area contributed by atoms with E-state index in [1.165, 1.54) is 11.1 Å². The van der Waals surface area contributed by atoms with Crippen LogP contribution in [0, 0.1) is 6.92 Å². The predicted molar refractivity (Wildman–Crippen MR) is 98.5 cm³/mol. The van der Waals surface area contributed by atoms with Gasteiger partial charge in [0.2, 0.25) is 0 Å². The third-order valence-corrected chi connectivity index (χ3v) is 4.45. The number of aryl methyl sites for hydroxylation is 1. The molecule has 5 heteroatoms. The van der Waals surface area contributed by atoms with E-state index in [1.54, 1.807) is 0 Å². The van der Waals surface area contributed by atoms with Crippen LogP contribution < -0.4 is 4.74 Å². The molecule has 0 aliphatic carbocycles. The van der Waals surface area contributed by atoms with E-state index in [4.69, 9.17) is 16.3 Å². The van der Waals surface area contributed by atoms with Gasteiger partial charge >= 0.3 is 0 Å². The molecule has 0 bridgehead atoms. The van der Waals surface area contributed by atoms with Crippen LogP contribution in [0.15, 0.2) is 16.6 Å². The van der Waals surface area contributed by atoms with E-state index in [-0.39, 0.29) is 12.4 Å². The first kappa shape index (κ1) is 21.0. The molecule has 0 atom stereocenters. The number of halogens is 3. The molecule has 0 aliphatic rings. The van der Waals surface area contributed by atoms with Crippen LogP contribution in [0.25, 0.3) is 0 Å². The number of hydrogen-bond acceptors (Lipinski definition) is 2. The lowest BCUT2D eigenvalue weighted by Crippen LogP contribution is -2.30. The van der Waals surface area contributed by atoms with Gasteiger partial charge in [0.25, 0.3) is 0 Å². The molecule has 2 nitrogen and oxygen atoms in total. The molecule has 122 valence electrons. The summed E-state index contributed by atoms with van der Waals surface area (Å²) in [6.07, 6.45) is 0. The van der Waals surface area contributed by atoms with Gasteiger partial charge in [-0.2, -0.15) is 0 Å². The lowest BCUT2D eigenvalue weighted by atomic mass is 10.0. The van der Waals surface area contributed by atoms with E-state index in [0.717, 1.165) is 29.9 Å². The van der Waals surface area contributed by atoms with E-state index < -0.39 is 0 Å². The lowest BCUT2D eigenvalue weighted by Gasteiger charge is -2.21. The minimum absolute atomic E-state index is 0. The number of ether oxygens (including phenoxy) is 1. The maximum atomic E-state index is 6.01. The van der Waals surface area contributed by atoms with Crippen molar-refractivity contribution in [2.75, 3.05) is 32.1 Å². The normalized spacial score (nSPS) is 10.9. The quantitative estimate of drug-likeness (QED) is 0.555. The Labute approximate surface area is 148 Å². The first-order chi connectivity index (χ1) is 9.49. The van der Waals surface area contributed by atoms with Crippen molar-refractivity contribution < 1.29 is 4.74 Å². The Morgan fingerprint density at radius 1 is 1.29 bits per heavy atom. The van der Waals surface area contributed by atoms with Gasteiger partial charge in [-0.25, -0.2) is 0 Å². The van der Waals surface area contributed by atoms with E-state index in [2.05, 4.69) is 60.7 Å². The Balaban J connectivity index is 0.00000400. The number of benzene rings is 1. The zero-order valence-electron chi connectivity index (χ0n) is 13.3. The fourth-order valence-electron chi connectivity index (χ4n) is 2.08. The van der Waals surface area contributed by atoms with Crippen LogP contribution in [-0.4, -0.2) is 37.0 Å². The van der Waals surface area contributed by atoms with Gasteiger partial charge in [-0.05, 0) is 42.6 Å². The van der Waals surface area contributed by atoms with Gasteiger partial charge in [0.05, 0.1) is 0 Å². The third-order valence-electron chi connectivity index (χ3n) is 3.43. The van der Waals surface area contributed by atoms with Gasteiger partial charge in [-0.1, -0.05) is 36.7 Å². The summed E-state index contributed by atoms with van der Waals surface area (Å²) < 4.78 is 7.15. The smallest absolute Gasteiger partial charge is 0.123 e. The molecular weight excluding hydrogens is 373 g/mol. The Bertz CT molecular complexity index is 427. The number of alkyl halides is 1. The average molecular weight is 399 g/mol. The van der Waals surface area contributed by atoms with Crippen molar-refractivity contribution in [1.82, 2.24) is 4.90 Å². The molecule has 1 aromatic carbocycles. The van der Waals surface area contributed by atoms with Crippen molar-refractivity contribution >= 4 is 39.9 Å². The Morgan fingerprint density at radius 3 is 2.48 bits per heavy atom. The van der Waals surface area contributed by atoms with Gasteiger partial charge < -0.3 is 4.74 Å². The molecule has 0 amide bonds. The summed E-state index contributed by atoms with van der Waals surface area (Å²) in [5.74, 6) is 2.12. The highest BCUT2D eigenvalue weighted by atomic mass is 79.9. The van der Waals surface area contributed by atoms with Gasteiger partial charge in [0, 0.05) is 23.4 Å². The van der Waals surface area contributed by atoms with E-state index in [1.807, 2.05) is 0 Å². The Hall–Kier alpha value is 0.0400. The molecule has 0 heterocycles. The summed E-state index contributed by atoms with van der Waals surface area (Å²) in [7, 11) is 0. The van der Waals surface area contributed by atoms with Gasteiger partial charge in [0.1, 0.15) is 12.4 Å². The molecule has 0 saturated heterocycles. The topological polar surface area (TPSA) is 12.5 Å². The number of likely N-dealkylation sites (N-methyl/N-ethyl adjacent to an activating group) is 1. The Morgan fingerprint density at radius 2 is 1.95 bits per heavy atom. The molecule has 0 radical (unpaired) electrons. The summed E-state index contributed by atoms with van der Waals surface area (Å²) >= 11 is 9.38. The van der Waals surface area contributed by atoms with Gasteiger partial charge in [-0.3, -0.25) is 4.90 Å². The molecule has 0 spiro atoms.